The molecule has 1 saturated heterocycles. The second-order valence-corrected chi connectivity index (χ2v) is 10.2. The lowest BCUT2D eigenvalue weighted by molar-refractivity contribution is -0.140. The fraction of sp³-hybridized carbons (Fsp3) is 0.476. The minimum absolute atomic E-state index is 0.0507. The predicted molar refractivity (Wildman–Crippen MR) is 110 cm³/mol. The van der Waals surface area contributed by atoms with E-state index in [0.29, 0.717) is 6.42 Å². The number of sulfone groups is 1. The number of benzene rings is 1. The first-order valence-electron chi connectivity index (χ1n) is 10.1. The maximum Gasteiger partial charge on any atom is 0.359 e. The Bertz CT molecular complexity index is 1080. The molecule has 0 saturated carbocycles. The number of amides is 1. The van der Waals surface area contributed by atoms with Gasteiger partial charge in [-0.1, -0.05) is 18.2 Å². The van der Waals surface area contributed by atoms with Crippen molar-refractivity contribution in [2.45, 2.75) is 44.8 Å². The van der Waals surface area contributed by atoms with Crippen molar-refractivity contribution in [2.24, 2.45) is 0 Å². The van der Waals surface area contributed by atoms with Crippen molar-refractivity contribution in [2.75, 3.05) is 18.6 Å². The Kier molecular flexibility index (Phi) is 5.40. The summed E-state index contributed by atoms with van der Waals surface area (Å²) in [6.45, 7) is 1.51. The highest BCUT2D eigenvalue weighted by molar-refractivity contribution is 7.91. The molecule has 1 fully saturated rings. The number of para-hydroxylation sites is 1. The topological polar surface area (TPSA) is 98.6 Å². The van der Waals surface area contributed by atoms with Crippen molar-refractivity contribution in [3.05, 3.63) is 47.3 Å². The fourth-order valence-electron chi connectivity index (χ4n) is 4.20. The summed E-state index contributed by atoms with van der Waals surface area (Å²) in [5.41, 5.74) is 3.00. The van der Waals surface area contributed by atoms with Gasteiger partial charge < -0.3 is 9.64 Å². The first kappa shape index (κ1) is 20.6. The summed E-state index contributed by atoms with van der Waals surface area (Å²) < 4.78 is 30.6. The zero-order valence-corrected chi connectivity index (χ0v) is 17.9. The first-order valence-corrected chi connectivity index (χ1v) is 11.9. The van der Waals surface area contributed by atoms with Crippen LogP contribution in [0.1, 0.15) is 41.5 Å². The SMILES string of the molecule is C[C@@H](OC(=O)c1nn(-c2ccccc2)c2c1CCC2)C(=O)N(C)[C@H]1CCS(=O)(=O)C1. The van der Waals surface area contributed by atoms with E-state index in [0.717, 1.165) is 36.2 Å². The van der Waals surface area contributed by atoms with Crippen LogP contribution in [0.15, 0.2) is 30.3 Å². The van der Waals surface area contributed by atoms with Gasteiger partial charge in [-0.25, -0.2) is 17.9 Å². The number of hydrogen-bond acceptors (Lipinski definition) is 6. The zero-order valence-electron chi connectivity index (χ0n) is 17.1. The summed E-state index contributed by atoms with van der Waals surface area (Å²) in [6, 6.07) is 9.22. The number of ether oxygens (including phenoxy) is 1. The van der Waals surface area contributed by atoms with Gasteiger partial charge in [0.1, 0.15) is 0 Å². The largest absolute Gasteiger partial charge is 0.448 e. The highest BCUT2D eigenvalue weighted by Gasteiger charge is 2.36. The molecule has 0 unspecified atom stereocenters. The molecule has 0 spiro atoms. The van der Waals surface area contributed by atoms with Crippen molar-refractivity contribution in [1.29, 1.82) is 0 Å². The number of fused-ring (bicyclic) bond motifs is 1. The van der Waals surface area contributed by atoms with Crippen LogP contribution in [0.3, 0.4) is 0 Å². The van der Waals surface area contributed by atoms with Gasteiger partial charge in [0, 0.05) is 24.3 Å². The lowest BCUT2D eigenvalue weighted by Crippen LogP contribution is -2.44. The van der Waals surface area contributed by atoms with Gasteiger partial charge >= 0.3 is 5.97 Å². The number of esters is 1. The Morgan fingerprint density at radius 1 is 1.23 bits per heavy atom. The van der Waals surface area contributed by atoms with Crippen LogP contribution in [0.5, 0.6) is 0 Å². The van der Waals surface area contributed by atoms with Crippen LogP contribution in [0.2, 0.25) is 0 Å². The summed E-state index contributed by atoms with van der Waals surface area (Å²) >= 11 is 0. The second kappa shape index (κ2) is 7.86. The van der Waals surface area contributed by atoms with Crippen molar-refractivity contribution < 1.29 is 22.7 Å². The summed E-state index contributed by atoms with van der Waals surface area (Å²) in [6.07, 6.45) is 1.89. The van der Waals surface area contributed by atoms with Crippen LogP contribution in [0, 0.1) is 0 Å². The molecule has 2 heterocycles. The molecule has 1 aliphatic heterocycles. The standard InChI is InChI=1S/C21H25N3O5S/c1-14(20(25)23(2)16-11-12-30(27,28)13-16)29-21(26)19-17-9-6-10-18(17)24(22-19)15-7-4-3-5-8-15/h3-5,7-8,14,16H,6,9-13H2,1-2H3/t14-,16+/m1/s1. The molecule has 0 radical (unpaired) electrons. The lowest BCUT2D eigenvalue weighted by Gasteiger charge is -2.26. The molecule has 2 aliphatic rings. The maximum absolute atomic E-state index is 12.8. The van der Waals surface area contributed by atoms with Gasteiger partial charge in [-0.3, -0.25) is 4.79 Å². The zero-order chi connectivity index (χ0) is 21.5. The number of rotatable bonds is 5. The molecule has 30 heavy (non-hydrogen) atoms. The molecule has 1 amide bonds. The van der Waals surface area contributed by atoms with E-state index >= 15 is 0 Å². The van der Waals surface area contributed by atoms with Gasteiger partial charge in [-0.2, -0.15) is 5.10 Å². The average molecular weight is 432 g/mol. The van der Waals surface area contributed by atoms with Gasteiger partial charge in [-0.05, 0) is 44.7 Å². The molecule has 2 atom stereocenters. The minimum atomic E-state index is -3.11. The normalized spacial score (nSPS) is 20.5. The number of carbonyl (C=O) groups is 2. The third-order valence-electron chi connectivity index (χ3n) is 5.86. The van der Waals surface area contributed by atoms with Crippen molar-refractivity contribution >= 4 is 21.7 Å². The number of carbonyl (C=O) groups excluding carboxylic acids is 2. The quantitative estimate of drug-likeness (QED) is 0.666. The molecule has 0 N–H and O–H groups in total. The third-order valence-corrected chi connectivity index (χ3v) is 7.61. The lowest BCUT2D eigenvalue weighted by atomic mass is 10.2. The molecular weight excluding hydrogens is 406 g/mol. The molecule has 1 aliphatic carbocycles. The fourth-order valence-corrected chi connectivity index (χ4v) is 5.97. The predicted octanol–water partition coefficient (Wildman–Crippen LogP) is 1.55. The van der Waals surface area contributed by atoms with E-state index in [1.165, 1.54) is 11.8 Å². The van der Waals surface area contributed by atoms with Crippen molar-refractivity contribution in [3.63, 3.8) is 0 Å². The van der Waals surface area contributed by atoms with E-state index in [-0.39, 0.29) is 23.2 Å². The van der Waals surface area contributed by atoms with Gasteiger partial charge in [0.05, 0.1) is 17.2 Å². The smallest absolute Gasteiger partial charge is 0.359 e. The third kappa shape index (κ3) is 3.86. The average Bonchev–Trinajstić information content (AvgIpc) is 3.42. The van der Waals surface area contributed by atoms with E-state index in [1.807, 2.05) is 30.3 Å². The van der Waals surface area contributed by atoms with Gasteiger partial charge in [0.25, 0.3) is 5.91 Å². The molecule has 160 valence electrons. The Morgan fingerprint density at radius 3 is 2.63 bits per heavy atom. The van der Waals surface area contributed by atoms with Crippen LogP contribution in [0.25, 0.3) is 5.69 Å². The molecule has 1 aromatic heterocycles. The van der Waals surface area contributed by atoms with Gasteiger partial charge in [0.2, 0.25) is 0 Å². The minimum Gasteiger partial charge on any atom is -0.448 e. The highest BCUT2D eigenvalue weighted by atomic mass is 32.2. The van der Waals surface area contributed by atoms with E-state index in [1.54, 1.807) is 11.7 Å². The summed E-state index contributed by atoms with van der Waals surface area (Å²) in [4.78, 5) is 26.9. The van der Waals surface area contributed by atoms with Crippen LogP contribution in [-0.2, 0) is 32.2 Å². The van der Waals surface area contributed by atoms with Crippen LogP contribution >= 0.6 is 0 Å². The highest BCUT2D eigenvalue weighted by Crippen LogP contribution is 2.28. The molecule has 2 aromatic rings. The number of nitrogens with zero attached hydrogens (tertiary/aromatic N) is 3. The maximum atomic E-state index is 12.8. The van der Waals surface area contributed by atoms with Crippen LogP contribution < -0.4 is 0 Å². The Labute approximate surface area is 175 Å². The summed E-state index contributed by atoms with van der Waals surface area (Å²) in [7, 11) is -1.56. The summed E-state index contributed by atoms with van der Waals surface area (Å²) in [5, 5.41) is 4.49. The van der Waals surface area contributed by atoms with E-state index in [4.69, 9.17) is 4.74 Å². The Hall–Kier alpha value is -2.68. The first-order chi connectivity index (χ1) is 14.3. The van der Waals surface area contributed by atoms with Crippen LogP contribution in [-0.4, -0.2) is 65.7 Å². The molecular formula is C21H25N3O5S. The second-order valence-electron chi connectivity index (χ2n) is 7.93. The van der Waals surface area contributed by atoms with Crippen molar-refractivity contribution in [1.82, 2.24) is 14.7 Å². The number of aromatic nitrogens is 2. The van der Waals surface area contributed by atoms with E-state index < -0.39 is 27.8 Å². The van der Waals surface area contributed by atoms with E-state index in [2.05, 4.69) is 5.10 Å². The summed E-state index contributed by atoms with van der Waals surface area (Å²) in [5.74, 6) is -1.02. The Morgan fingerprint density at radius 2 is 1.97 bits per heavy atom. The molecule has 4 rings (SSSR count). The molecule has 8 nitrogen and oxygen atoms in total. The monoisotopic (exact) mass is 431 g/mol. The molecule has 1 aromatic carbocycles. The Balaban J connectivity index is 1.50. The van der Waals surface area contributed by atoms with Gasteiger partial charge in [-0.15, -0.1) is 0 Å². The van der Waals surface area contributed by atoms with Gasteiger partial charge in [0.15, 0.2) is 21.6 Å². The number of hydrogen-bond donors (Lipinski definition) is 0. The molecule has 0 bridgehead atoms. The number of likely N-dealkylation sites (N-methyl/N-ethyl adjacent to an activating group) is 1. The van der Waals surface area contributed by atoms with E-state index in [9.17, 15) is 18.0 Å². The van der Waals surface area contributed by atoms with Crippen molar-refractivity contribution in [3.8, 4) is 5.69 Å². The molecule has 9 heteroatoms. The van der Waals surface area contributed by atoms with Crippen LogP contribution in [0.4, 0.5) is 0 Å².